The van der Waals surface area contributed by atoms with Gasteiger partial charge in [0, 0.05) is 0 Å². The lowest BCUT2D eigenvalue weighted by molar-refractivity contribution is -0.0538. The maximum absolute atomic E-state index is 11.9. The zero-order valence-corrected chi connectivity index (χ0v) is 21.5. The molecule has 3 rings (SSSR count). The predicted octanol–water partition coefficient (Wildman–Crippen LogP) is 7.79. The predicted molar refractivity (Wildman–Crippen MR) is 140 cm³/mol. The van der Waals surface area contributed by atoms with Crippen molar-refractivity contribution in [3.05, 3.63) is 54.1 Å². The molecule has 192 valence electrons. The van der Waals surface area contributed by atoms with E-state index >= 15 is 0 Å². The normalized spacial score (nSPS) is 19.8. The molecule has 1 saturated carbocycles. The topological polar surface area (TPSA) is 65.0 Å². The zero-order chi connectivity index (χ0) is 24.9. The summed E-state index contributed by atoms with van der Waals surface area (Å²) in [5.41, 5.74) is 2.25. The van der Waals surface area contributed by atoms with Crippen molar-refractivity contribution in [1.29, 1.82) is 0 Å². The van der Waals surface area contributed by atoms with Crippen LogP contribution in [0, 0.1) is 0 Å². The fourth-order valence-corrected chi connectivity index (χ4v) is 4.59. The number of carbonyl (C=O) groups excluding carboxylic acids is 1. The van der Waals surface area contributed by atoms with E-state index in [0.717, 1.165) is 61.2 Å². The van der Waals surface area contributed by atoms with E-state index in [9.17, 15) is 9.90 Å². The van der Waals surface area contributed by atoms with Crippen molar-refractivity contribution in [3.8, 4) is 16.9 Å². The molecule has 0 amide bonds. The van der Waals surface area contributed by atoms with E-state index in [2.05, 4.69) is 38.1 Å². The molecule has 2 aromatic carbocycles. The Kier molecular flexibility index (Phi) is 10.9. The Balaban J connectivity index is 1.46. The zero-order valence-electron chi connectivity index (χ0n) is 21.5. The van der Waals surface area contributed by atoms with Crippen LogP contribution in [0.2, 0.25) is 0 Å². The Hall–Kier alpha value is -2.53. The number of rotatable bonds is 13. The summed E-state index contributed by atoms with van der Waals surface area (Å²) in [6.45, 7) is 5.51. The number of carbonyl (C=O) groups is 1. The second-order valence-corrected chi connectivity index (χ2v) is 9.67. The highest BCUT2D eigenvalue weighted by Gasteiger charge is 2.36. The van der Waals surface area contributed by atoms with Crippen LogP contribution in [0.3, 0.4) is 0 Å². The number of hydrogen-bond acceptors (Lipinski definition) is 5. The molecule has 0 radical (unpaired) electrons. The molecular formula is C30H42O5. The van der Waals surface area contributed by atoms with Gasteiger partial charge >= 0.3 is 6.16 Å². The molecule has 0 atom stereocenters. The third-order valence-corrected chi connectivity index (χ3v) is 6.87. The third-order valence-electron chi connectivity index (χ3n) is 6.87. The summed E-state index contributed by atoms with van der Waals surface area (Å²) in [6.07, 6.45) is 9.31. The van der Waals surface area contributed by atoms with Gasteiger partial charge in [0.1, 0.15) is 11.9 Å². The number of aliphatic hydroxyl groups is 1. The average Bonchev–Trinajstić information content (AvgIpc) is 2.88. The van der Waals surface area contributed by atoms with Crippen molar-refractivity contribution in [3.63, 3.8) is 0 Å². The molecule has 0 heterocycles. The molecule has 1 aliphatic rings. The molecule has 0 saturated heterocycles. The standard InChI is InChI=1S/C30H42O5/c1-3-5-7-9-23-34-29(31)35-28-18-20-30(32,21-19-28)26-14-10-24(11-15-26)25-12-16-27(17-13-25)33-22-8-6-4-2/h10-17,28,32H,3-9,18-23H2,1-2H3. The third kappa shape index (κ3) is 8.57. The first-order valence-corrected chi connectivity index (χ1v) is 13.4. The fraction of sp³-hybridized carbons (Fsp3) is 0.567. The van der Waals surface area contributed by atoms with E-state index in [0.29, 0.717) is 32.3 Å². The molecule has 5 nitrogen and oxygen atoms in total. The van der Waals surface area contributed by atoms with Crippen molar-refractivity contribution in [1.82, 2.24) is 0 Å². The van der Waals surface area contributed by atoms with Crippen LogP contribution in [0.15, 0.2) is 48.5 Å². The second kappa shape index (κ2) is 14.1. The monoisotopic (exact) mass is 482 g/mol. The van der Waals surface area contributed by atoms with E-state index in [1.54, 1.807) is 0 Å². The largest absolute Gasteiger partial charge is 0.508 e. The van der Waals surface area contributed by atoms with Crippen LogP contribution >= 0.6 is 0 Å². The van der Waals surface area contributed by atoms with Gasteiger partial charge in [-0.2, -0.15) is 0 Å². The molecular weight excluding hydrogens is 440 g/mol. The minimum atomic E-state index is -0.890. The molecule has 2 aromatic rings. The van der Waals surface area contributed by atoms with Gasteiger partial charge in [0.25, 0.3) is 0 Å². The molecule has 5 heteroatoms. The van der Waals surface area contributed by atoms with Gasteiger partial charge in [0.2, 0.25) is 0 Å². The minimum absolute atomic E-state index is 0.194. The highest BCUT2D eigenvalue weighted by Crippen LogP contribution is 2.39. The SMILES string of the molecule is CCCCCCOC(=O)OC1CCC(O)(c2ccc(-c3ccc(OCCCCC)cc3)cc2)CC1. The summed E-state index contributed by atoms with van der Waals surface area (Å²) < 4.78 is 16.5. The van der Waals surface area contributed by atoms with E-state index in [-0.39, 0.29) is 6.10 Å². The minimum Gasteiger partial charge on any atom is -0.494 e. The Morgan fingerprint density at radius 3 is 2.03 bits per heavy atom. The van der Waals surface area contributed by atoms with E-state index < -0.39 is 11.8 Å². The van der Waals surface area contributed by atoms with Crippen LogP contribution < -0.4 is 4.74 Å². The fourth-order valence-electron chi connectivity index (χ4n) is 4.59. The quantitative estimate of drug-likeness (QED) is 0.233. The van der Waals surface area contributed by atoms with Gasteiger partial charge in [-0.3, -0.25) is 0 Å². The average molecular weight is 483 g/mol. The van der Waals surface area contributed by atoms with Crippen LogP contribution in [-0.2, 0) is 15.1 Å². The van der Waals surface area contributed by atoms with Crippen molar-refractivity contribution in [2.24, 2.45) is 0 Å². The molecule has 35 heavy (non-hydrogen) atoms. The lowest BCUT2D eigenvalue weighted by Crippen LogP contribution is -2.35. The van der Waals surface area contributed by atoms with Crippen LogP contribution in [-0.4, -0.2) is 30.6 Å². The maximum Gasteiger partial charge on any atom is 0.508 e. The maximum atomic E-state index is 11.9. The smallest absolute Gasteiger partial charge is 0.494 e. The van der Waals surface area contributed by atoms with Crippen LogP contribution in [0.1, 0.15) is 90.0 Å². The van der Waals surface area contributed by atoms with E-state index in [1.165, 1.54) is 12.8 Å². The van der Waals surface area contributed by atoms with Gasteiger partial charge in [0.15, 0.2) is 0 Å². The number of benzene rings is 2. The highest BCUT2D eigenvalue weighted by atomic mass is 16.7. The summed E-state index contributed by atoms with van der Waals surface area (Å²) in [5.74, 6) is 0.898. The summed E-state index contributed by atoms with van der Waals surface area (Å²) in [5, 5.41) is 11.2. The van der Waals surface area contributed by atoms with Gasteiger partial charge in [-0.25, -0.2) is 4.79 Å². The Bertz CT molecular complexity index is 867. The number of unbranched alkanes of at least 4 members (excludes halogenated alkanes) is 5. The van der Waals surface area contributed by atoms with Gasteiger partial charge in [-0.15, -0.1) is 0 Å². The molecule has 0 aliphatic heterocycles. The second-order valence-electron chi connectivity index (χ2n) is 9.67. The van der Waals surface area contributed by atoms with Gasteiger partial charge in [0.05, 0.1) is 18.8 Å². The molecule has 1 fully saturated rings. The lowest BCUT2D eigenvalue weighted by Gasteiger charge is -2.36. The van der Waals surface area contributed by atoms with Crippen molar-refractivity contribution < 1.29 is 24.1 Å². The van der Waals surface area contributed by atoms with Crippen molar-refractivity contribution in [2.75, 3.05) is 13.2 Å². The molecule has 1 aliphatic carbocycles. The van der Waals surface area contributed by atoms with Gasteiger partial charge in [-0.1, -0.05) is 82.3 Å². The first-order valence-electron chi connectivity index (χ1n) is 13.4. The summed E-state index contributed by atoms with van der Waals surface area (Å²) >= 11 is 0. The summed E-state index contributed by atoms with van der Waals surface area (Å²) in [6, 6.07) is 16.3. The van der Waals surface area contributed by atoms with Crippen LogP contribution in [0.5, 0.6) is 5.75 Å². The van der Waals surface area contributed by atoms with E-state index in [1.807, 2.05) is 24.3 Å². The Labute approximate surface area is 210 Å². The first kappa shape index (κ1) is 27.1. The van der Waals surface area contributed by atoms with Gasteiger partial charge < -0.3 is 19.3 Å². The highest BCUT2D eigenvalue weighted by molar-refractivity contribution is 5.64. The van der Waals surface area contributed by atoms with Crippen molar-refractivity contribution >= 4 is 6.16 Å². The summed E-state index contributed by atoms with van der Waals surface area (Å²) in [7, 11) is 0. The van der Waals surface area contributed by atoms with Crippen LogP contribution in [0.25, 0.3) is 11.1 Å². The first-order chi connectivity index (χ1) is 17.0. The number of hydrogen-bond donors (Lipinski definition) is 1. The molecule has 0 spiro atoms. The lowest BCUT2D eigenvalue weighted by atomic mass is 9.78. The van der Waals surface area contributed by atoms with E-state index in [4.69, 9.17) is 14.2 Å². The molecule has 0 bridgehead atoms. The van der Waals surface area contributed by atoms with Crippen LogP contribution in [0.4, 0.5) is 4.79 Å². The molecule has 0 aromatic heterocycles. The summed E-state index contributed by atoms with van der Waals surface area (Å²) in [4.78, 5) is 11.9. The Morgan fingerprint density at radius 2 is 1.40 bits per heavy atom. The van der Waals surface area contributed by atoms with Gasteiger partial charge in [-0.05, 0) is 67.3 Å². The van der Waals surface area contributed by atoms with Crippen molar-refractivity contribution in [2.45, 2.75) is 96.2 Å². The molecule has 0 unspecified atom stereocenters. The molecule has 1 N–H and O–H groups in total. The number of ether oxygens (including phenoxy) is 3. The Morgan fingerprint density at radius 1 is 0.829 bits per heavy atom.